The molecule has 0 amide bonds. The normalized spacial score (nSPS) is 11.9. The predicted octanol–water partition coefficient (Wildman–Crippen LogP) is 3.24. The molecular formula is C12H17NO. The Kier molecular flexibility index (Phi) is 3.69. The van der Waals surface area contributed by atoms with Gasteiger partial charge < -0.3 is 4.84 Å². The van der Waals surface area contributed by atoms with Gasteiger partial charge in [-0.1, -0.05) is 56.3 Å². The first-order valence-corrected chi connectivity index (χ1v) is 4.78. The molecule has 0 saturated heterocycles. The first-order valence-electron chi connectivity index (χ1n) is 4.78. The summed E-state index contributed by atoms with van der Waals surface area (Å²) in [5, 5.41) is 3.91. The Morgan fingerprint density at radius 2 is 1.86 bits per heavy atom. The summed E-state index contributed by atoms with van der Waals surface area (Å²) in [5.74, 6) is 0. The molecular weight excluding hydrogens is 174 g/mol. The third-order valence-electron chi connectivity index (χ3n) is 1.59. The van der Waals surface area contributed by atoms with Gasteiger partial charge in [-0.3, -0.25) is 0 Å². The highest BCUT2D eigenvalue weighted by Crippen LogP contribution is 2.08. The Bertz CT molecular complexity index is 285. The Labute approximate surface area is 85.6 Å². The molecule has 0 aliphatic heterocycles. The van der Waals surface area contributed by atoms with Gasteiger partial charge in [-0.15, -0.1) is 0 Å². The quantitative estimate of drug-likeness (QED) is 0.531. The van der Waals surface area contributed by atoms with Gasteiger partial charge in [-0.05, 0) is 5.56 Å². The van der Waals surface area contributed by atoms with Gasteiger partial charge >= 0.3 is 0 Å². The molecule has 0 bridgehead atoms. The van der Waals surface area contributed by atoms with E-state index in [1.807, 2.05) is 36.5 Å². The predicted molar refractivity (Wildman–Crippen MR) is 59.2 cm³/mol. The van der Waals surface area contributed by atoms with Crippen molar-refractivity contribution in [1.82, 2.24) is 0 Å². The Balaban J connectivity index is 2.33. The Hall–Kier alpha value is -1.31. The zero-order chi connectivity index (χ0) is 10.4. The zero-order valence-corrected chi connectivity index (χ0v) is 9.03. The van der Waals surface area contributed by atoms with Crippen molar-refractivity contribution in [3.05, 3.63) is 35.9 Å². The number of nitrogens with zero attached hydrogens (tertiary/aromatic N) is 1. The van der Waals surface area contributed by atoms with E-state index in [0.29, 0.717) is 6.61 Å². The second-order valence-electron chi connectivity index (χ2n) is 4.36. The lowest BCUT2D eigenvalue weighted by molar-refractivity contribution is 0.129. The van der Waals surface area contributed by atoms with E-state index in [1.165, 1.54) is 0 Å². The van der Waals surface area contributed by atoms with Crippen LogP contribution in [-0.4, -0.2) is 6.21 Å². The summed E-state index contributed by atoms with van der Waals surface area (Å²) < 4.78 is 0. The van der Waals surface area contributed by atoms with Crippen LogP contribution in [-0.2, 0) is 11.4 Å². The highest BCUT2D eigenvalue weighted by atomic mass is 16.6. The van der Waals surface area contributed by atoms with Crippen molar-refractivity contribution in [1.29, 1.82) is 0 Å². The van der Waals surface area contributed by atoms with Gasteiger partial charge in [0.1, 0.15) is 6.61 Å². The summed E-state index contributed by atoms with van der Waals surface area (Å²) in [7, 11) is 0. The van der Waals surface area contributed by atoms with Crippen LogP contribution in [0.4, 0.5) is 0 Å². The Morgan fingerprint density at radius 1 is 1.21 bits per heavy atom. The maximum absolute atomic E-state index is 5.17. The minimum Gasteiger partial charge on any atom is -0.391 e. The molecule has 0 spiro atoms. The summed E-state index contributed by atoms with van der Waals surface area (Å²) in [6.45, 7) is 6.79. The van der Waals surface area contributed by atoms with Crippen LogP contribution in [0.1, 0.15) is 26.3 Å². The highest BCUT2D eigenvalue weighted by Gasteiger charge is 2.04. The maximum Gasteiger partial charge on any atom is 0.142 e. The van der Waals surface area contributed by atoms with Crippen molar-refractivity contribution >= 4 is 6.21 Å². The van der Waals surface area contributed by atoms with E-state index in [4.69, 9.17) is 4.84 Å². The van der Waals surface area contributed by atoms with E-state index in [9.17, 15) is 0 Å². The number of oxime groups is 1. The molecule has 0 aliphatic rings. The standard InChI is InChI=1S/C12H17NO/c1-12(2,3)10-13-14-9-11-7-5-4-6-8-11/h4-8,10H,9H2,1-3H3/b13-10+. The number of benzene rings is 1. The second kappa shape index (κ2) is 4.80. The van der Waals surface area contributed by atoms with Crippen LogP contribution in [0.5, 0.6) is 0 Å². The topological polar surface area (TPSA) is 21.6 Å². The SMILES string of the molecule is CC(C)(C)/C=N/OCc1ccccc1. The van der Waals surface area contributed by atoms with E-state index in [1.54, 1.807) is 0 Å². The van der Waals surface area contributed by atoms with Crippen molar-refractivity contribution in [2.75, 3.05) is 0 Å². The van der Waals surface area contributed by atoms with E-state index in [-0.39, 0.29) is 5.41 Å². The van der Waals surface area contributed by atoms with E-state index < -0.39 is 0 Å². The fourth-order valence-electron chi connectivity index (χ4n) is 0.881. The first kappa shape index (κ1) is 10.8. The second-order valence-corrected chi connectivity index (χ2v) is 4.36. The van der Waals surface area contributed by atoms with Gasteiger partial charge in [0.25, 0.3) is 0 Å². The number of hydrogen-bond donors (Lipinski definition) is 0. The number of rotatable bonds is 3. The molecule has 0 heterocycles. The van der Waals surface area contributed by atoms with Crippen molar-refractivity contribution < 1.29 is 4.84 Å². The molecule has 1 rings (SSSR count). The summed E-state index contributed by atoms with van der Waals surface area (Å²) in [6, 6.07) is 10.0. The van der Waals surface area contributed by atoms with Crippen LogP contribution in [0, 0.1) is 5.41 Å². The van der Waals surface area contributed by atoms with Gasteiger partial charge in [0.2, 0.25) is 0 Å². The zero-order valence-electron chi connectivity index (χ0n) is 9.03. The van der Waals surface area contributed by atoms with Crippen LogP contribution in [0.3, 0.4) is 0 Å². The minimum atomic E-state index is 0.0800. The fourth-order valence-corrected chi connectivity index (χ4v) is 0.881. The molecule has 0 saturated carbocycles. The molecule has 0 radical (unpaired) electrons. The van der Waals surface area contributed by atoms with Gasteiger partial charge in [0.15, 0.2) is 0 Å². The molecule has 2 nitrogen and oxygen atoms in total. The van der Waals surface area contributed by atoms with E-state index in [2.05, 4.69) is 25.9 Å². The fraction of sp³-hybridized carbons (Fsp3) is 0.417. The summed E-state index contributed by atoms with van der Waals surface area (Å²) in [5.41, 5.74) is 1.22. The molecule has 0 aromatic heterocycles. The largest absolute Gasteiger partial charge is 0.391 e. The van der Waals surface area contributed by atoms with E-state index in [0.717, 1.165) is 5.56 Å². The molecule has 2 heteroatoms. The van der Waals surface area contributed by atoms with Gasteiger partial charge in [0.05, 0.1) is 0 Å². The highest BCUT2D eigenvalue weighted by molar-refractivity contribution is 5.63. The molecule has 0 N–H and O–H groups in total. The third-order valence-corrected chi connectivity index (χ3v) is 1.59. The molecule has 0 unspecified atom stereocenters. The molecule has 1 aromatic carbocycles. The average Bonchev–Trinajstić information content (AvgIpc) is 2.13. The van der Waals surface area contributed by atoms with Gasteiger partial charge in [-0.25, -0.2) is 0 Å². The molecule has 0 aliphatic carbocycles. The smallest absolute Gasteiger partial charge is 0.142 e. The van der Waals surface area contributed by atoms with E-state index >= 15 is 0 Å². The molecule has 0 atom stereocenters. The number of hydrogen-bond acceptors (Lipinski definition) is 2. The van der Waals surface area contributed by atoms with Crippen LogP contribution in [0.25, 0.3) is 0 Å². The lowest BCUT2D eigenvalue weighted by Gasteiger charge is -2.09. The van der Waals surface area contributed by atoms with Crippen molar-refractivity contribution in [3.8, 4) is 0 Å². The molecule has 14 heavy (non-hydrogen) atoms. The average molecular weight is 191 g/mol. The lowest BCUT2D eigenvalue weighted by Crippen LogP contribution is -2.06. The van der Waals surface area contributed by atoms with Crippen LogP contribution in [0.15, 0.2) is 35.5 Å². The molecule has 76 valence electrons. The Morgan fingerprint density at radius 3 is 2.43 bits per heavy atom. The summed E-state index contributed by atoms with van der Waals surface area (Å²) in [6.07, 6.45) is 1.82. The van der Waals surface area contributed by atoms with Gasteiger partial charge in [0, 0.05) is 11.6 Å². The molecule has 1 aromatic rings. The lowest BCUT2D eigenvalue weighted by atomic mass is 10.00. The molecule has 0 fully saturated rings. The summed E-state index contributed by atoms with van der Waals surface area (Å²) >= 11 is 0. The summed E-state index contributed by atoms with van der Waals surface area (Å²) in [4.78, 5) is 5.17. The van der Waals surface area contributed by atoms with Crippen molar-refractivity contribution in [2.45, 2.75) is 27.4 Å². The van der Waals surface area contributed by atoms with Crippen LogP contribution in [0.2, 0.25) is 0 Å². The van der Waals surface area contributed by atoms with Crippen LogP contribution < -0.4 is 0 Å². The maximum atomic E-state index is 5.17. The first-order chi connectivity index (χ1) is 6.58. The van der Waals surface area contributed by atoms with Crippen molar-refractivity contribution in [3.63, 3.8) is 0 Å². The monoisotopic (exact) mass is 191 g/mol. The van der Waals surface area contributed by atoms with Gasteiger partial charge in [-0.2, -0.15) is 0 Å². The third kappa shape index (κ3) is 4.65. The van der Waals surface area contributed by atoms with Crippen molar-refractivity contribution in [2.24, 2.45) is 10.6 Å². The van der Waals surface area contributed by atoms with Crippen LogP contribution >= 0.6 is 0 Å². The minimum absolute atomic E-state index is 0.0800.